The quantitative estimate of drug-likeness (QED) is 0.456. The van der Waals surface area contributed by atoms with Crippen molar-refractivity contribution < 1.29 is 14.5 Å². The van der Waals surface area contributed by atoms with Crippen LogP contribution in [0.5, 0.6) is 0 Å². The molecule has 90 valence electrons. The number of hydrogen-bond acceptors (Lipinski definition) is 4. The Morgan fingerprint density at radius 2 is 2.00 bits per heavy atom. The molecule has 0 saturated heterocycles. The van der Waals surface area contributed by atoms with E-state index in [1.54, 1.807) is 31.2 Å². The summed E-state index contributed by atoms with van der Waals surface area (Å²) in [5.74, 6) is -0.425. The molecular weight excluding hydrogens is 222 g/mol. The van der Waals surface area contributed by atoms with Gasteiger partial charge >= 0.3 is 5.97 Å². The number of methoxy groups -OCH3 is 1. The van der Waals surface area contributed by atoms with E-state index in [0.717, 1.165) is 0 Å². The number of rotatable bonds is 4. The molecule has 0 aromatic heterocycles. The maximum Gasteiger partial charge on any atom is 0.337 e. The van der Waals surface area contributed by atoms with E-state index in [0.29, 0.717) is 17.5 Å². The van der Waals surface area contributed by atoms with Crippen molar-refractivity contribution in [2.45, 2.75) is 13.3 Å². The second-order valence-electron chi connectivity index (χ2n) is 3.36. The number of nitro groups is 1. The monoisotopic (exact) mass is 235 g/mol. The molecule has 0 aliphatic rings. The normalized spacial score (nSPS) is 11.1. The predicted molar refractivity (Wildman–Crippen MR) is 63.0 cm³/mol. The van der Waals surface area contributed by atoms with Gasteiger partial charge in [0, 0.05) is 12.5 Å². The molecule has 0 bridgehead atoms. The fourth-order valence-electron chi connectivity index (χ4n) is 1.31. The molecule has 0 fully saturated rings. The molecule has 1 rings (SSSR count). The van der Waals surface area contributed by atoms with E-state index in [1.165, 1.54) is 13.2 Å². The Kier molecular flexibility index (Phi) is 4.39. The topological polar surface area (TPSA) is 69.4 Å². The average Bonchev–Trinajstić information content (AvgIpc) is 2.35. The van der Waals surface area contributed by atoms with Gasteiger partial charge in [0.1, 0.15) is 0 Å². The maximum absolute atomic E-state index is 11.2. The van der Waals surface area contributed by atoms with Gasteiger partial charge in [0.05, 0.1) is 17.6 Å². The Morgan fingerprint density at radius 3 is 2.41 bits per heavy atom. The van der Waals surface area contributed by atoms with Crippen LogP contribution < -0.4 is 0 Å². The minimum atomic E-state index is -0.425. The summed E-state index contributed by atoms with van der Waals surface area (Å²) in [5, 5.41) is 10.6. The van der Waals surface area contributed by atoms with Crippen molar-refractivity contribution >= 4 is 12.0 Å². The second kappa shape index (κ2) is 5.79. The van der Waals surface area contributed by atoms with Gasteiger partial charge in [0.25, 0.3) is 0 Å². The van der Waals surface area contributed by atoms with Crippen molar-refractivity contribution in [3.05, 3.63) is 51.2 Å². The zero-order valence-corrected chi connectivity index (χ0v) is 9.67. The highest BCUT2D eigenvalue weighted by Gasteiger charge is 2.08. The van der Waals surface area contributed by atoms with E-state index in [2.05, 4.69) is 4.74 Å². The Hall–Kier alpha value is -2.17. The molecule has 0 amide bonds. The Bertz CT molecular complexity index is 448. The van der Waals surface area contributed by atoms with Crippen LogP contribution in [0.2, 0.25) is 0 Å². The highest BCUT2D eigenvalue weighted by molar-refractivity contribution is 5.89. The van der Waals surface area contributed by atoms with Gasteiger partial charge in [-0.05, 0) is 17.7 Å². The van der Waals surface area contributed by atoms with Crippen LogP contribution >= 0.6 is 0 Å². The van der Waals surface area contributed by atoms with Gasteiger partial charge in [-0.25, -0.2) is 4.79 Å². The summed E-state index contributed by atoms with van der Waals surface area (Å²) in [6.07, 6.45) is 1.84. The number of esters is 1. The van der Waals surface area contributed by atoms with Gasteiger partial charge < -0.3 is 4.74 Å². The molecule has 0 radical (unpaired) electrons. The smallest absolute Gasteiger partial charge is 0.337 e. The fraction of sp³-hybridized carbons (Fsp3) is 0.250. The fourth-order valence-corrected chi connectivity index (χ4v) is 1.31. The predicted octanol–water partition coefficient (Wildman–Crippen LogP) is 2.50. The summed E-state index contributed by atoms with van der Waals surface area (Å²) in [6, 6.07) is 6.44. The zero-order valence-electron chi connectivity index (χ0n) is 9.67. The number of nitrogens with zero attached hydrogens (tertiary/aromatic N) is 1. The van der Waals surface area contributed by atoms with E-state index in [-0.39, 0.29) is 5.70 Å². The van der Waals surface area contributed by atoms with Crippen LogP contribution in [0.4, 0.5) is 0 Å². The molecule has 0 atom stereocenters. The molecule has 1 aromatic carbocycles. The van der Waals surface area contributed by atoms with Crippen molar-refractivity contribution in [2.24, 2.45) is 0 Å². The van der Waals surface area contributed by atoms with Crippen LogP contribution in [-0.4, -0.2) is 18.0 Å². The van der Waals surface area contributed by atoms with Crippen molar-refractivity contribution in [1.29, 1.82) is 0 Å². The van der Waals surface area contributed by atoms with Crippen LogP contribution in [0, 0.1) is 10.1 Å². The number of allylic oxidation sites excluding steroid dienone is 1. The highest BCUT2D eigenvalue weighted by Crippen LogP contribution is 2.12. The minimum Gasteiger partial charge on any atom is -0.465 e. The first-order chi connectivity index (χ1) is 8.08. The molecular formula is C12H13NO4. The zero-order chi connectivity index (χ0) is 12.8. The van der Waals surface area contributed by atoms with Crippen LogP contribution in [0.25, 0.3) is 6.08 Å². The van der Waals surface area contributed by atoms with Crippen LogP contribution in [0.3, 0.4) is 0 Å². The molecule has 5 heteroatoms. The van der Waals surface area contributed by atoms with E-state index >= 15 is 0 Å². The van der Waals surface area contributed by atoms with Crippen LogP contribution in [0.15, 0.2) is 30.0 Å². The summed E-state index contributed by atoms with van der Waals surface area (Å²) in [4.78, 5) is 21.4. The summed E-state index contributed by atoms with van der Waals surface area (Å²) < 4.78 is 4.55. The standard InChI is InChI=1S/C12H13NO4/c1-3-11(13(15)16)8-9-4-6-10(7-5-9)12(14)17-2/h4-8H,3H2,1-2H3/b11-8-. The van der Waals surface area contributed by atoms with Crippen LogP contribution in [-0.2, 0) is 4.74 Å². The molecule has 0 unspecified atom stereocenters. The number of ether oxygens (including phenoxy) is 1. The summed E-state index contributed by atoms with van der Waals surface area (Å²) in [6.45, 7) is 1.72. The molecule has 0 aliphatic heterocycles. The van der Waals surface area contributed by atoms with Crippen molar-refractivity contribution in [3.63, 3.8) is 0 Å². The third-order valence-electron chi connectivity index (χ3n) is 2.26. The van der Waals surface area contributed by atoms with E-state index in [9.17, 15) is 14.9 Å². The first kappa shape index (κ1) is 12.9. The number of carbonyl (C=O) groups excluding carboxylic acids is 1. The lowest BCUT2D eigenvalue weighted by atomic mass is 10.1. The average molecular weight is 235 g/mol. The van der Waals surface area contributed by atoms with Gasteiger partial charge in [-0.2, -0.15) is 0 Å². The molecule has 0 spiro atoms. The van der Waals surface area contributed by atoms with E-state index < -0.39 is 10.9 Å². The lowest BCUT2D eigenvalue weighted by Crippen LogP contribution is -2.00. The molecule has 0 N–H and O–H groups in total. The Balaban J connectivity index is 2.95. The summed E-state index contributed by atoms with van der Waals surface area (Å²) in [5.41, 5.74) is 1.24. The highest BCUT2D eigenvalue weighted by atomic mass is 16.6. The molecule has 5 nitrogen and oxygen atoms in total. The Morgan fingerprint density at radius 1 is 1.41 bits per heavy atom. The molecule has 1 aromatic rings. The first-order valence-corrected chi connectivity index (χ1v) is 5.11. The first-order valence-electron chi connectivity index (χ1n) is 5.11. The van der Waals surface area contributed by atoms with Crippen LogP contribution in [0.1, 0.15) is 29.3 Å². The van der Waals surface area contributed by atoms with Crippen molar-refractivity contribution in [2.75, 3.05) is 7.11 Å². The second-order valence-corrected chi connectivity index (χ2v) is 3.36. The lowest BCUT2D eigenvalue weighted by Gasteiger charge is -1.99. The van der Waals surface area contributed by atoms with Gasteiger partial charge in [0.15, 0.2) is 0 Å². The summed E-state index contributed by atoms with van der Waals surface area (Å²) >= 11 is 0. The van der Waals surface area contributed by atoms with Gasteiger partial charge in [-0.15, -0.1) is 0 Å². The third kappa shape index (κ3) is 3.41. The van der Waals surface area contributed by atoms with Crippen molar-refractivity contribution in [3.8, 4) is 0 Å². The van der Waals surface area contributed by atoms with Gasteiger partial charge in [0.2, 0.25) is 5.70 Å². The summed E-state index contributed by atoms with van der Waals surface area (Å²) in [7, 11) is 1.30. The van der Waals surface area contributed by atoms with E-state index in [4.69, 9.17) is 0 Å². The minimum absolute atomic E-state index is 0.135. The lowest BCUT2D eigenvalue weighted by molar-refractivity contribution is -0.425. The van der Waals surface area contributed by atoms with E-state index in [1.807, 2.05) is 0 Å². The van der Waals surface area contributed by atoms with Crippen molar-refractivity contribution in [1.82, 2.24) is 0 Å². The SMILES string of the molecule is CC/C(=C/c1ccc(C(=O)OC)cc1)[N+](=O)[O-]. The molecule has 0 aliphatic carbocycles. The van der Waals surface area contributed by atoms with Gasteiger partial charge in [-0.3, -0.25) is 10.1 Å². The molecule has 0 saturated carbocycles. The Labute approximate surface area is 98.9 Å². The maximum atomic E-state index is 11.2. The largest absolute Gasteiger partial charge is 0.465 e. The number of hydrogen-bond donors (Lipinski definition) is 0. The molecule has 0 heterocycles. The number of benzene rings is 1. The third-order valence-corrected chi connectivity index (χ3v) is 2.26. The number of carbonyl (C=O) groups is 1. The molecule has 17 heavy (non-hydrogen) atoms. The van der Waals surface area contributed by atoms with Gasteiger partial charge in [-0.1, -0.05) is 19.1 Å².